The van der Waals surface area contributed by atoms with Crippen molar-refractivity contribution in [3.05, 3.63) is 64.1 Å². The van der Waals surface area contributed by atoms with Gasteiger partial charge < -0.3 is 10.1 Å². The molecule has 0 aliphatic rings. The number of halogens is 1. The summed E-state index contributed by atoms with van der Waals surface area (Å²) in [5, 5.41) is 4.33. The van der Waals surface area contributed by atoms with Crippen molar-refractivity contribution in [2.45, 2.75) is 6.92 Å². The van der Waals surface area contributed by atoms with E-state index in [9.17, 15) is 4.79 Å². The quantitative estimate of drug-likeness (QED) is 0.711. The van der Waals surface area contributed by atoms with Crippen molar-refractivity contribution in [1.82, 2.24) is 4.98 Å². The van der Waals surface area contributed by atoms with Gasteiger partial charge in [-0.15, -0.1) is 11.3 Å². The number of carbonyl (C=O) groups is 1. The highest BCUT2D eigenvalue weighted by atomic mass is 35.5. The van der Waals surface area contributed by atoms with Crippen LogP contribution >= 0.6 is 22.9 Å². The highest BCUT2D eigenvalue weighted by molar-refractivity contribution is 7.17. The van der Waals surface area contributed by atoms with Gasteiger partial charge in [-0.05, 0) is 31.2 Å². The third kappa shape index (κ3) is 3.42. The third-order valence-electron chi connectivity index (χ3n) is 3.45. The first kappa shape index (κ1) is 16.5. The molecule has 0 unspecified atom stereocenters. The first-order chi connectivity index (χ1) is 11.6. The van der Waals surface area contributed by atoms with Gasteiger partial charge in [0.25, 0.3) is 5.91 Å². The molecule has 3 aromatic rings. The molecule has 4 nitrogen and oxygen atoms in total. The van der Waals surface area contributed by atoms with E-state index in [2.05, 4.69) is 10.3 Å². The van der Waals surface area contributed by atoms with Crippen LogP contribution in [0.1, 0.15) is 15.4 Å². The highest BCUT2D eigenvalue weighted by Crippen LogP contribution is 2.30. The van der Waals surface area contributed by atoms with Gasteiger partial charge in [0.15, 0.2) is 0 Å². The first-order valence-corrected chi connectivity index (χ1v) is 8.45. The Balaban J connectivity index is 1.87. The van der Waals surface area contributed by atoms with Gasteiger partial charge >= 0.3 is 0 Å². The number of aryl methyl sites for hydroxylation is 1. The summed E-state index contributed by atoms with van der Waals surface area (Å²) in [5.74, 6) is 0.417. The Labute approximate surface area is 149 Å². The van der Waals surface area contributed by atoms with E-state index in [1.807, 2.05) is 43.3 Å². The van der Waals surface area contributed by atoms with Crippen LogP contribution < -0.4 is 10.1 Å². The Kier molecular flexibility index (Phi) is 4.83. The molecule has 1 amide bonds. The minimum absolute atomic E-state index is 0.199. The molecule has 0 spiro atoms. The number of aromatic nitrogens is 1. The zero-order valence-electron chi connectivity index (χ0n) is 13.2. The molecule has 0 bridgehead atoms. The largest absolute Gasteiger partial charge is 0.495 e. The monoisotopic (exact) mass is 358 g/mol. The normalized spacial score (nSPS) is 10.5. The molecule has 0 aliphatic carbocycles. The summed E-state index contributed by atoms with van der Waals surface area (Å²) in [6.07, 6.45) is 0. The topological polar surface area (TPSA) is 51.2 Å². The summed E-state index contributed by atoms with van der Waals surface area (Å²) in [4.78, 5) is 17.7. The van der Waals surface area contributed by atoms with E-state index in [1.165, 1.54) is 11.3 Å². The number of amides is 1. The van der Waals surface area contributed by atoms with Crippen molar-refractivity contribution in [3.63, 3.8) is 0 Å². The maximum atomic E-state index is 12.6. The minimum atomic E-state index is -0.199. The molecule has 2 aromatic carbocycles. The zero-order valence-corrected chi connectivity index (χ0v) is 14.7. The number of anilines is 1. The van der Waals surface area contributed by atoms with E-state index in [4.69, 9.17) is 16.3 Å². The molecule has 0 radical (unpaired) electrons. The van der Waals surface area contributed by atoms with Crippen LogP contribution in [0.5, 0.6) is 5.75 Å². The average Bonchev–Trinajstić information content (AvgIpc) is 2.98. The predicted octanol–water partition coefficient (Wildman–Crippen LogP) is 5.03. The van der Waals surface area contributed by atoms with Gasteiger partial charge in [0.1, 0.15) is 15.6 Å². The Morgan fingerprint density at radius 2 is 1.88 bits per heavy atom. The van der Waals surface area contributed by atoms with Gasteiger partial charge in [-0.25, -0.2) is 4.98 Å². The number of ether oxygens (including phenoxy) is 1. The van der Waals surface area contributed by atoms with E-state index < -0.39 is 0 Å². The van der Waals surface area contributed by atoms with Gasteiger partial charge in [-0.2, -0.15) is 0 Å². The van der Waals surface area contributed by atoms with Crippen LogP contribution in [0.25, 0.3) is 10.6 Å². The Bertz CT molecular complexity index is 875. The van der Waals surface area contributed by atoms with Crippen molar-refractivity contribution in [3.8, 4) is 16.3 Å². The van der Waals surface area contributed by atoms with Crippen LogP contribution in [0, 0.1) is 6.92 Å². The fraction of sp³-hybridized carbons (Fsp3) is 0.111. The lowest BCUT2D eigenvalue weighted by atomic mass is 10.2. The molecule has 3 rings (SSSR count). The Hall–Kier alpha value is -2.37. The van der Waals surface area contributed by atoms with Gasteiger partial charge in [0, 0.05) is 10.6 Å². The van der Waals surface area contributed by atoms with Crippen LogP contribution in [0.4, 0.5) is 5.69 Å². The van der Waals surface area contributed by atoms with Crippen LogP contribution in [-0.4, -0.2) is 18.0 Å². The van der Waals surface area contributed by atoms with Gasteiger partial charge in [-0.1, -0.05) is 35.9 Å². The second kappa shape index (κ2) is 7.03. The number of thiazole rings is 1. The molecule has 122 valence electrons. The summed E-state index contributed by atoms with van der Waals surface area (Å²) < 4.78 is 5.26. The Morgan fingerprint density at radius 1 is 1.17 bits per heavy atom. The van der Waals surface area contributed by atoms with Crippen molar-refractivity contribution in [1.29, 1.82) is 0 Å². The molecule has 6 heteroatoms. The van der Waals surface area contributed by atoms with E-state index in [0.717, 1.165) is 10.6 Å². The molecule has 0 fully saturated rings. The van der Waals surface area contributed by atoms with E-state index in [-0.39, 0.29) is 5.91 Å². The molecule has 1 aromatic heterocycles. The zero-order chi connectivity index (χ0) is 17.1. The molecular formula is C18H15ClN2O2S. The lowest BCUT2D eigenvalue weighted by Gasteiger charge is -2.08. The highest BCUT2D eigenvalue weighted by Gasteiger charge is 2.17. The van der Waals surface area contributed by atoms with Gasteiger partial charge in [0.2, 0.25) is 0 Å². The fourth-order valence-electron chi connectivity index (χ4n) is 2.25. The fourth-order valence-corrected chi connectivity index (χ4v) is 3.34. The summed E-state index contributed by atoms with van der Waals surface area (Å²) in [7, 11) is 1.57. The standard InChI is InChI=1S/C18H15ClN2O2S/c1-11-16(17(22)21-14-5-3-4-6-15(14)23-2)24-18(20-11)12-7-9-13(19)10-8-12/h3-10H,1-2H3,(H,21,22). The molecule has 24 heavy (non-hydrogen) atoms. The number of nitrogens with one attached hydrogen (secondary N) is 1. The lowest BCUT2D eigenvalue weighted by molar-refractivity contribution is 0.102. The first-order valence-electron chi connectivity index (χ1n) is 7.26. The summed E-state index contributed by atoms with van der Waals surface area (Å²) >= 11 is 7.26. The number of rotatable bonds is 4. The molecule has 0 saturated carbocycles. The average molecular weight is 359 g/mol. The lowest BCUT2D eigenvalue weighted by Crippen LogP contribution is -2.12. The van der Waals surface area contributed by atoms with E-state index >= 15 is 0 Å². The SMILES string of the molecule is COc1ccccc1NC(=O)c1sc(-c2ccc(Cl)cc2)nc1C. The molecule has 0 aliphatic heterocycles. The predicted molar refractivity (Wildman–Crippen MR) is 98.2 cm³/mol. The van der Waals surface area contributed by atoms with E-state index in [1.54, 1.807) is 19.2 Å². The van der Waals surface area contributed by atoms with Crippen LogP contribution in [0.2, 0.25) is 5.02 Å². The van der Waals surface area contributed by atoms with Crippen molar-refractivity contribution in [2.75, 3.05) is 12.4 Å². The van der Waals surface area contributed by atoms with Crippen molar-refractivity contribution in [2.24, 2.45) is 0 Å². The van der Waals surface area contributed by atoms with Crippen LogP contribution in [-0.2, 0) is 0 Å². The Morgan fingerprint density at radius 3 is 2.58 bits per heavy atom. The number of carbonyl (C=O) groups excluding carboxylic acids is 1. The van der Waals surface area contributed by atoms with E-state index in [0.29, 0.717) is 27.0 Å². The second-order valence-corrected chi connectivity index (χ2v) is 6.53. The van der Waals surface area contributed by atoms with Crippen LogP contribution in [0.3, 0.4) is 0 Å². The van der Waals surface area contributed by atoms with Crippen LogP contribution in [0.15, 0.2) is 48.5 Å². The number of para-hydroxylation sites is 2. The smallest absolute Gasteiger partial charge is 0.267 e. The number of benzene rings is 2. The molecule has 1 heterocycles. The minimum Gasteiger partial charge on any atom is -0.495 e. The third-order valence-corrected chi connectivity index (χ3v) is 4.91. The maximum Gasteiger partial charge on any atom is 0.267 e. The summed E-state index contributed by atoms with van der Waals surface area (Å²) in [6.45, 7) is 1.83. The molecule has 1 N–H and O–H groups in total. The van der Waals surface area contributed by atoms with Crippen molar-refractivity contribution >= 4 is 34.5 Å². The molecule has 0 atom stereocenters. The molecular weight excluding hydrogens is 344 g/mol. The summed E-state index contributed by atoms with van der Waals surface area (Å²) in [5.41, 5.74) is 2.26. The van der Waals surface area contributed by atoms with Crippen molar-refractivity contribution < 1.29 is 9.53 Å². The van der Waals surface area contributed by atoms with Gasteiger partial charge in [-0.3, -0.25) is 4.79 Å². The molecule has 0 saturated heterocycles. The summed E-state index contributed by atoms with van der Waals surface area (Å²) in [6, 6.07) is 14.7. The number of hydrogen-bond acceptors (Lipinski definition) is 4. The maximum absolute atomic E-state index is 12.6. The number of hydrogen-bond donors (Lipinski definition) is 1. The van der Waals surface area contributed by atoms with Gasteiger partial charge in [0.05, 0.1) is 18.5 Å². The number of methoxy groups -OCH3 is 1. The second-order valence-electron chi connectivity index (χ2n) is 5.09. The number of nitrogens with zero attached hydrogens (tertiary/aromatic N) is 1.